The minimum atomic E-state index is -0.470. The molecule has 5 rings (SSSR count). The fraction of sp³-hybridized carbons (Fsp3) is 0.304. The van der Waals surface area contributed by atoms with Crippen molar-refractivity contribution in [1.29, 1.82) is 0 Å². The molecular weight excluding hydrogens is 382 g/mol. The Balaban J connectivity index is 1.23. The second kappa shape index (κ2) is 7.61. The Morgan fingerprint density at radius 2 is 1.86 bits per heavy atom. The number of rotatable bonds is 5. The van der Waals surface area contributed by atoms with Crippen LogP contribution < -0.4 is 10.6 Å². The molecule has 6 heteroatoms. The predicted octanol–water partition coefficient (Wildman–Crippen LogP) is 2.70. The highest BCUT2D eigenvalue weighted by Crippen LogP contribution is 2.27. The lowest BCUT2D eigenvalue weighted by molar-refractivity contribution is -0.147. The number of nitrogens with zero attached hydrogens (tertiary/aromatic N) is 1. The molecule has 2 N–H and O–H groups in total. The summed E-state index contributed by atoms with van der Waals surface area (Å²) in [6, 6.07) is 19.7. The maximum Gasteiger partial charge on any atom is 0.246 e. The zero-order valence-corrected chi connectivity index (χ0v) is 16.8. The SMILES string of the molecule is O=C1N[C@H](Cc2ccccc2)C(=O)N2C[C@@H](NCc3cc4ccccc4s3)C[C@@H]12. The van der Waals surface area contributed by atoms with E-state index >= 15 is 0 Å². The van der Waals surface area contributed by atoms with E-state index in [4.69, 9.17) is 0 Å². The third-order valence-corrected chi connectivity index (χ3v) is 6.94. The van der Waals surface area contributed by atoms with Crippen LogP contribution in [0.3, 0.4) is 0 Å². The number of fused-ring (bicyclic) bond motifs is 2. The summed E-state index contributed by atoms with van der Waals surface area (Å²) >= 11 is 1.79. The molecule has 3 heterocycles. The summed E-state index contributed by atoms with van der Waals surface area (Å²) < 4.78 is 1.28. The lowest BCUT2D eigenvalue weighted by Gasteiger charge is -2.34. The van der Waals surface area contributed by atoms with Gasteiger partial charge in [0, 0.05) is 35.1 Å². The first-order valence-electron chi connectivity index (χ1n) is 10.0. The van der Waals surface area contributed by atoms with Crippen molar-refractivity contribution in [3.8, 4) is 0 Å². The molecule has 0 unspecified atom stereocenters. The molecule has 3 atom stereocenters. The molecular formula is C23H23N3O2S. The molecule has 2 fully saturated rings. The first-order valence-corrected chi connectivity index (χ1v) is 10.8. The highest BCUT2D eigenvalue weighted by atomic mass is 32.1. The monoisotopic (exact) mass is 405 g/mol. The van der Waals surface area contributed by atoms with Crippen LogP contribution in [-0.2, 0) is 22.6 Å². The van der Waals surface area contributed by atoms with Crippen molar-refractivity contribution in [1.82, 2.24) is 15.5 Å². The molecule has 0 saturated carbocycles. The van der Waals surface area contributed by atoms with Crippen LogP contribution in [0.15, 0.2) is 60.7 Å². The van der Waals surface area contributed by atoms with Crippen LogP contribution in [0.25, 0.3) is 10.1 Å². The number of nitrogens with one attached hydrogen (secondary N) is 2. The molecule has 2 aromatic carbocycles. The third-order valence-electron chi connectivity index (χ3n) is 5.83. The first-order chi connectivity index (χ1) is 14.2. The molecule has 0 aliphatic carbocycles. The number of piperazine rings is 1. The third kappa shape index (κ3) is 3.66. The minimum Gasteiger partial charge on any atom is -0.342 e. The Labute approximate surface area is 173 Å². The van der Waals surface area contributed by atoms with Crippen molar-refractivity contribution in [3.63, 3.8) is 0 Å². The van der Waals surface area contributed by atoms with Crippen molar-refractivity contribution in [3.05, 3.63) is 71.1 Å². The van der Waals surface area contributed by atoms with E-state index < -0.39 is 6.04 Å². The zero-order valence-electron chi connectivity index (χ0n) is 16.0. The Morgan fingerprint density at radius 3 is 2.69 bits per heavy atom. The second-order valence-corrected chi connectivity index (χ2v) is 8.99. The number of carbonyl (C=O) groups is 2. The highest BCUT2D eigenvalue weighted by molar-refractivity contribution is 7.19. The van der Waals surface area contributed by atoms with Crippen LogP contribution in [0.1, 0.15) is 16.9 Å². The maximum absolute atomic E-state index is 13.0. The molecule has 2 aliphatic rings. The van der Waals surface area contributed by atoms with Gasteiger partial charge in [-0.25, -0.2) is 0 Å². The molecule has 2 aliphatic heterocycles. The van der Waals surface area contributed by atoms with Crippen LogP contribution in [0.5, 0.6) is 0 Å². The predicted molar refractivity (Wildman–Crippen MR) is 115 cm³/mol. The second-order valence-electron chi connectivity index (χ2n) is 7.82. The van der Waals surface area contributed by atoms with Gasteiger partial charge in [-0.05, 0) is 29.5 Å². The molecule has 0 radical (unpaired) electrons. The van der Waals surface area contributed by atoms with Crippen molar-refractivity contribution < 1.29 is 9.59 Å². The van der Waals surface area contributed by atoms with Gasteiger partial charge in [0.15, 0.2) is 0 Å². The maximum atomic E-state index is 13.0. The summed E-state index contributed by atoms with van der Waals surface area (Å²) in [6.45, 7) is 1.35. The number of hydrogen-bond donors (Lipinski definition) is 2. The van der Waals surface area contributed by atoms with Gasteiger partial charge < -0.3 is 15.5 Å². The van der Waals surface area contributed by atoms with Crippen LogP contribution in [0.4, 0.5) is 0 Å². The molecule has 148 valence electrons. The van der Waals surface area contributed by atoms with Crippen molar-refractivity contribution in [2.75, 3.05) is 6.54 Å². The zero-order chi connectivity index (χ0) is 19.8. The Hall–Kier alpha value is -2.70. The molecule has 29 heavy (non-hydrogen) atoms. The van der Waals surface area contributed by atoms with E-state index in [2.05, 4.69) is 41.0 Å². The van der Waals surface area contributed by atoms with Gasteiger partial charge in [0.2, 0.25) is 11.8 Å². The van der Waals surface area contributed by atoms with Gasteiger partial charge in [-0.3, -0.25) is 9.59 Å². The van der Waals surface area contributed by atoms with E-state index in [1.165, 1.54) is 15.0 Å². The Kier molecular flexibility index (Phi) is 4.81. The molecule has 2 amide bonds. The fourth-order valence-electron chi connectivity index (χ4n) is 4.36. The van der Waals surface area contributed by atoms with Crippen LogP contribution in [0, 0.1) is 0 Å². The number of amides is 2. The topological polar surface area (TPSA) is 61.4 Å². The van der Waals surface area contributed by atoms with E-state index in [9.17, 15) is 9.59 Å². The van der Waals surface area contributed by atoms with Gasteiger partial charge in [-0.15, -0.1) is 11.3 Å². The van der Waals surface area contributed by atoms with Gasteiger partial charge in [0.25, 0.3) is 0 Å². The lowest BCUT2D eigenvalue weighted by atomic mass is 10.0. The van der Waals surface area contributed by atoms with E-state index in [0.29, 0.717) is 19.4 Å². The van der Waals surface area contributed by atoms with E-state index in [1.807, 2.05) is 30.3 Å². The van der Waals surface area contributed by atoms with Crippen molar-refractivity contribution in [2.45, 2.75) is 37.5 Å². The van der Waals surface area contributed by atoms with E-state index in [0.717, 1.165) is 12.1 Å². The van der Waals surface area contributed by atoms with Gasteiger partial charge in [-0.1, -0.05) is 48.5 Å². The number of hydrogen-bond acceptors (Lipinski definition) is 4. The smallest absolute Gasteiger partial charge is 0.246 e. The number of thiophene rings is 1. The average molecular weight is 406 g/mol. The quantitative estimate of drug-likeness (QED) is 0.686. The van der Waals surface area contributed by atoms with Crippen LogP contribution in [-0.4, -0.2) is 41.4 Å². The summed E-state index contributed by atoms with van der Waals surface area (Å²) in [5.74, 6) is 0.00121. The molecule has 2 saturated heterocycles. The molecule has 0 bridgehead atoms. The van der Waals surface area contributed by atoms with Gasteiger partial charge in [0.05, 0.1) is 0 Å². The standard InChI is InChI=1S/C23H23N3O2S/c27-22-20-12-17(24-13-18-11-16-8-4-5-9-21(16)29-18)14-26(20)23(28)19(25-22)10-15-6-2-1-3-7-15/h1-9,11,17,19-20,24H,10,12-14H2,(H,25,27)/t17-,19+,20-/m0/s1. The van der Waals surface area contributed by atoms with E-state index in [-0.39, 0.29) is 23.9 Å². The Bertz CT molecular complexity index is 1020. The molecule has 5 nitrogen and oxygen atoms in total. The Morgan fingerprint density at radius 1 is 1.07 bits per heavy atom. The first kappa shape index (κ1) is 18.3. The van der Waals surface area contributed by atoms with Gasteiger partial charge >= 0.3 is 0 Å². The van der Waals surface area contributed by atoms with Crippen LogP contribution >= 0.6 is 11.3 Å². The summed E-state index contributed by atoms with van der Waals surface area (Å²) in [4.78, 5) is 28.7. The lowest BCUT2D eigenvalue weighted by Crippen LogP contribution is -2.61. The summed E-state index contributed by atoms with van der Waals surface area (Å²) in [7, 11) is 0. The number of benzene rings is 2. The number of carbonyl (C=O) groups excluding carboxylic acids is 2. The molecule has 3 aromatic rings. The fourth-order valence-corrected chi connectivity index (χ4v) is 5.38. The molecule has 1 aromatic heterocycles. The van der Waals surface area contributed by atoms with Crippen molar-refractivity contribution >= 4 is 33.2 Å². The summed E-state index contributed by atoms with van der Waals surface area (Å²) in [5.41, 5.74) is 1.06. The molecule has 0 spiro atoms. The summed E-state index contributed by atoms with van der Waals surface area (Å²) in [6.07, 6.45) is 1.20. The largest absolute Gasteiger partial charge is 0.342 e. The van der Waals surface area contributed by atoms with Crippen LogP contribution in [0.2, 0.25) is 0 Å². The minimum absolute atomic E-state index is 0.0308. The summed E-state index contributed by atoms with van der Waals surface area (Å²) in [5, 5.41) is 7.76. The average Bonchev–Trinajstić information content (AvgIpc) is 3.35. The van der Waals surface area contributed by atoms with Gasteiger partial charge in [0.1, 0.15) is 12.1 Å². The normalized spacial score (nSPS) is 24.0. The van der Waals surface area contributed by atoms with E-state index in [1.54, 1.807) is 16.2 Å². The van der Waals surface area contributed by atoms with Crippen molar-refractivity contribution in [2.24, 2.45) is 0 Å². The highest BCUT2D eigenvalue weighted by Gasteiger charge is 2.46. The van der Waals surface area contributed by atoms with Gasteiger partial charge in [-0.2, -0.15) is 0 Å².